The van der Waals surface area contributed by atoms with E-state index in [1.165, 1.54) is 44.2 Å². The first-order chi connectivity index (χ1) is 28.9. The molecule has 0 saturated carbocycles. The van der Waals surface area contributed by atoms with Gasteiger partial charge >= 0.3 is 0 Å². The van der Waals surface area contributed by atoms with E-state index in [4.69, 9.17) is 4.99 Å². The van der Waals surface area contributed by atoms with Gasteiger partial charge in [0.2, 0.25) is 0 Å². The summed E-state index contributed by atoms with van der Waals surface area (Å²) in [5.41, 5.74) is 16.3. The van der Waals surface area contributed by atoms with Gasteiger partial charge in [0.15, 0.2) is 0 Å². The van der Waals surface area contributed by atoms with Crippen molar-refractivity contribution >= 4 is 39.2 Å². The summed E-state index contributed by atoms with van der Waals surface area (Å²) in [5, 5.41) is 14.2. The molecule has 59 heavy (non-hydrogen) atoms. The second-order valence-electron chi connectivity index (χ2n) is 15.9. The number of rotatable bonds is 8. The maximum atomic E-state index is 9.32. The molecular formula is C57H42N2. The van der Waals surface area contributed by atoms with Gasteiger partial charge in [-0.05, 0) is 94.9 Å². The van der Waals surface area contributed by atoms with Crippen molar-refractivity contribution < 1.29 is 0 Å². The second-order valence-corrected chi connectivity index (χ2v) is 15.9. The van der Waals surface area contributed by atoms with Crippen LogP contribution in [0.2, 0.25) is 0 Å². The molecule has 0 spiro atoms. The van der Waals surface area contributed by atoms with Gasteiger partial charge < -0.3 is 5.41 Å². The van der Waals surface area contributed by atoms with E-state index in [2.05, 4.69) is 153 Å². The van der Waals surface area contributed by atoms with Crippen LogP contribution >= 0.6 is 0 Å². The number of hydrogen-bond acceptors (Lipinski definition) is 2. The molecule has 0 fully saturated rings. The molecule has 1 N–H and O–H groups in total. The van der Waals surface area contributed by atoms with Crippen molar-refractivity contribution in [3.63, 3.8) is 0 Å². The average molecular weight is 755 g/mol. The Bertz CT molecular complexity index is 3110. The molecule has 2 heteroatoms. The Morgan fingerprint density at radius 1 is 0.492 bits per heavy atom. The predicted molar refractivity (Wildman–Crippen MR) is 251 cm³/mol. The highest BCUT2D eigenvalue weighted by Gasteiger charge is 2.38. The van der Waals surface area contributed by atoms with E-state index in [9.17, 15) is 5.41 Å². The quantitative estimate of drug-likeness (QED) is 0.150. The Balaban J connectivity index is 1.04. The molecule has 1 aliphatic carbocycles. The molecule has 2 nitrogen and oxygen atoms in total. The molecule has 0 unspecified atom stereocenters. The van der Waals surface area contributed by atoms with E-state index in [0.717, 1.165) is 55.4 Å². The summed E-state index contributed by atoms with van der Waals surface area (Å²) in [6, 6.07) is 70.9. The molecule has 0 saturated heterocycles. The van der Waals surface area contributed by atoms with Crippen molar-refractivity contribution in [2.45, 2.75) is 19.3 Å². The van der Waals surface area contributed by atoms with Crippen molar-refractivity contribution in [3.05, 3.63) is 234 Å². The molecule has 0 aliphatic heterocycles. The molecule has 9 aromatic rings. The van der Waals surface area contributed by atoms with Gasteiger partial charge in [0.1, 0.15) is 0 Å². The van der Waals surface area contributed by atoms with E-state index in [1.807, 2.05) is 73.0 Å². The van der Waals surface area contributed by atoms with Crippen molar-refractivity contribution in [1.82, 2.24) is 0 Å². The summed E-state index contributed by atoms with van der Waals surface area (Å²) in [4.78, 5) is 5.07. The molecular weight excluding hydrogens is 713 g/mol. The number of benzene rings is 9. The van der Waals surface area contributed by atoms with Gasteiger partial charge in [-0.15, -0.1) is 0 Å². The van der Waals surface area contributed by atoms with E-state index >= 15 is 0 Å². The first-order valence-electron chi connectivity index (χ1n) is 20.3. The molecule has 10 rings (SSSR count). The van der Waals surface area contributed by atoms with Crippen LogP contribution in [0, 0.1) is 5.41 Å². The molecule has 0 heterocycles. The topological polar surface area (TPSA) is 36.2 Å². The Kier molecular flexibility index (Phi) is 9.03. The normalized spacial score (nSPS) is 13.2. The SMILES string of the molecule is CC1(C)c2cccc(-c3ccc(-c4ccc(/C(=C/C(=N)c5cccc(-c6ccccc6)c5)N=Cc5ccccc5)c5ccccc45)cc3)c2-c2ccc3ccccc3c21. The number of allylic oxidation sites excluding steroid dienone is 1. The van der Waals surface area contributed by atoms with Crippen molar-refractivity contribution in [1.29, 1.82) is 5.41 Å². The molecule has 0 amide bonds. The number of aliphatic imine (C=N–C) groups is 1. The van der Waals surface area contributed by atoms with Gasteiger partial charge in [0, 0.05) is 22.8 Å². The first-order valence-corrected chi connectivity index (χ1v) is 20.3. The van der Waals surface area contributed by atoms with Crippen LogP contribution in [0.25, 0.3) is 71.7 Å². The fourth-order valence-electron chi connectivity index (χ4n) is 9.08. The number of fused-ring (bicyclic) bond motifs is 6. The van der Waals surface area contributed by atoms with E-state index in [1.54, 1.807) is 0 Å². The third-order valence-electron chi connectivity index (χ3n) is 12.0. The molecule has 0 aromatic heterocycles. The van der Waals surface area contributed by atoms with Crippen LogP contribution in [-0.4, -0.2) is 11.9 Å². The monoisotopic (exact) mass is 754 g/mol. The summed E-state index contributed by atoms with van der Waals surface area (Å²) in [6.07, 6.45) is 3.80. The Morgan fingerprint density at radius 2 is 1.12 bits per heavy atom. The fraction of sp³-hybridized carbons (Fsp3) is 0.0526. The van der Waals surface area contributed by atoms with Gasteiger partial charge in [-0.25, -0.2) is 0 Å². The second kappa shape index (κ2) is 14.8. The lowest BCUT2D eigenvalue weighted by molar-refractivity contribution is 0.666. The van der Waals surface area contributed by atoms with Crippen LogP contribution in [-0.2, 0) is 5.41 Å². The first kappa shape index (κ1) is 36.0. The van der Waals surface area contributed by atoms with Crippen LogP contribution in [0.4, 0.5) is 0 Å². The number of hydrogen-bond donors (Lipinski definition) is 1. The van der Waals surface area contributed by atoms with Gasteiger partial charge in [-0.1, -0.05) is 208 Å². The van der Waals surface area contributed by atoms with Crippen LogP contribution in [0.15, 0.2) is 211 Å². The largest absolute Gasteiger partial charge is 0.300 e. The minimum Gasteiger partial charge on any atom is -0.300 e. The third-order valence-corrected chi connectivity index (χ3v) is 12.0. The zero-order valence-electron chi connectivity index (χ0n) is 33.2. The molecule has 0 radical (unpaired) electrons. The van der Waals surface area contributed by atoms with Crippen molar-refractivity contribution in [3.8, 4) is 44.5 Å². The lowest BCUT2D eigenvalue weighted by atomic mass is 9.80. The molecule has 1 aliphatic rings. The Hall–Kier alpha value is -7.42. The summed E-state index contributed by atoms with van der Waals surface area (Å²) in [6.45, 7) is 4.73. The summed E-state index contributed by atoms with van der Waals surface area (Å²) in [7, 11) is 0. The van der Waals surface area contributed by atoms with Gasteiger partial charge in [-0.2, -0.15) is 0 Å². The minimum absolute atomic E-state index is 0.106. The maximum Gasteiger partial charge on any atom is 0.0729 e. The lowest BCUT2D eigenvalue weighted by Gasteiger charge is -2.23. The molecule has 9 aromatic carbocycles. The van der Waals surface area contributed by atoms with Crippen molar-refractivity contribution in [2.75, 3.05) is 0 Å². The maximum absolute atomic E-state index is 9.32. The lowest BCUT2D eigenvalue weighted by Crippen LogP contribution is -2.15. The summed E-state index contributed by atoms with van der Waals surface area (Å²) in [5.74, 6) is 0. The predicted octanol–water partition coefficient (Wildman–Crippen LogP) is 14.8. The van der Waals surface area contributed by atoms with Crippen LogP contribution < -0.4 is 0 Å². The zero-order valence-corrected chi connectivity index (χ0v) is 33.2. The Labute approximate surface area is 346 Å². The number of nitrogens with zero attached hydrogens (tertiary/aromatic N) is 1. The minimum atomic E-state index is -0.106. The molecule has 280 valence electrons. The highest BCUT2D eigenvalue weighted by molar-refractivity contribution is 6.13. The van der Waals surface area contributed by atoms with Crippen LogP contribution in [0.3, 0.4) is 0 Å². The molecule has 0 atom stereocenters. The number of nitrogens with one attached hydrogen (secondary N) is 1. The summed E-state index contributed by atoms with van der Waals surface area (Å²) >= 11 is 0. The average Bonchev–Trinajstić information content (AvgIpc) is 3.54. The highest BCUT2D eigenvalue weighted by Crippen LogP contribution is 2.54. The third kappa shape index (κ3) is 6.49. The standard InChI is InChI=1S/C57H42N2/c1-57(2)52-26-14-25-46(55(52)51-32-31-40-19-9-10-22-47(40)56(51)57)42-29-27-41(28-30-42)45-33-34-50(49-24-12-11-23-48(45)49)54(59-37-38-15-5-3-6-16-38)36-53(58)44-21-13-20-43(35-44)39-17-7-4-8-18-39/h3-37,58H,1-2H3/b54-36-,58-53?,59-37?. The molecule has 0 bridgehead atoms. The highest BCUT2D eigenvalue weighted by atomic mass is 14.7. The van der Waals surface area contributed by atoms with E-state index in [-0.39, 0.29) is 5.41 Å². The van der Waals surface area contributed by atoms with Gasteiger partial charge in [0.25, 0.3) is 0 Å². The summed E-state index contributed by atoms with van der Waals surface area (Å²) < 4.78 is 0. The van der Waals surface area contributed by atoms with E-state index < -0.39 is 0 Å². The van der Waals surface area contributed by atoms with Gasteiger partial charge in [-0.3, -0.25) is 4.99 Å². The van der Waals surface area contributed by atoms with E-state index in [0.29, 0.717) is 5.71 Å². The smallest absolute Gasteiger partial charge is 0.0729 e. The fourth-order valence-corrected chi connectivity index (χ4v) is 9.08. The van der Waals surface area contributed by atoms with Crippen LogP contribution in [0.5, 0.6) is 0 Å². The zero-order chi connectivity index (χ0) is 39.9. The van der Waals surface area contributed by atoms with Gasteiger partial charge in [0.05, 0.1) is 11.4 Å². The Morgan fingerprint density at radius 3 is 1.90 bits per heavy atom. The van der Waals surface area contributed by atoms with Crippen LogP contribution in [0.1, 0.15) is 41.7 Å². The van der Waals surface area contributed by atoms with Crippen molar-refractivity contribution in [2.24, 2.45) is 4.99 Å².